The molecular weight excluding hydrogens is 208 g/mol. The van der Waals surface area contributed by atoms with E-state index in [1.54, 1.807) is 0 Å². The van der Waals surface area contributed by atoms with Gasteiger partial charge in [0.15, 0.2) is 0 Å². The normalized spacial score (nSPS) is 13.1. The van der Waals surface area contributed by atoms with Gasteiger partial charge in [0.05, 0.1) is 0 Å². The third kappa shape index (κ3) is 2.90. The van der Waals surface area contributed by atoms with Crippen LogP contribution in [-0.4, -0.2) is 11.7 Å². The Bertz CT molecular complexity index is 449. The summed E-state index contributed by atoms with van der Waals surface area (Å²) in [6.45, 7) is 2.16. The predicted octanol–water partition coefficient (Wildman–Crippen LogP) is 2.86. The second-order valence-electron chi connectivity index (χ2n) is 4.70. The van der Waals surface area contributed by atoms with Crippen LogP contribution in [0.3, 0.4) is 0 Å². The van der Waals surface area contributed by atoms with Gasteiger partial charge in [0.25, 0.3) is 0 Å². The molecule has 0 aliphatic heterocycles. The first kappa shape index (κ1) is 12.2. The van der Waals surface area contributed by atoms with E-state index in [1.165, 1.54) is 48.8 Å². The first-order chi connectivity index (χ1) is 8.35. The SMILES string of the molecule is CCCCc1cc2c(cc1C#CCO)CCC2. The first-order valence-electron chi connectivity index (χ1n) is 6.59. The maximum atomic E-state index is 8.81. The molecular formula is C16H20O. The van der Waals surface area contributed by atoms with Crippen LogP contribution in [0.1, 0.15) is 48.4 Å². The standard InChI is InChI=1S/C16H20O/c1-2-3-6-13-11-14-7-4-8-15(14)12-16(13)9-5-10-17/h11-12,17H,2-4,6-8,10H2,1H3. The molecule has 0 spiro atoms. The number of fused-ring (bicyclic) bond motifs is 1. The summed E-state index contributed by atoms with van der Waals surface area (Å²) in [5, 5.41) is 8.81. The lowest BCUT2D eigenvalue weighted by atomic mass is 9.96. The van der Waals surface area contributed by atoms with Crippen molar-refractivity contribution < 1.29 is 5.11 Å². The Kier molecular flexibility index (Phi) is 4.23. The number of hydrogen-bond donors (Lipinski definition) is 1. The van der Waals surface area contributed by atoms with E-state index in [2.05, 4.69) is 30.9 Å². The van der Waals surface area contributed by atoms with E-state index in [0.717, 1.165) is 12.0 Å². The molecule has 1 aliphatic carbocycles. The first-order valence-corrected chi connectivity index (χ1v) is 6.59. The minimum Gasteiger partial charge on any atom is -0.384 e. The van der Waals surface area contributed by atoms with Crippen LogP contribution in [0.25, 0.3) is 0 Å². The van der Waals surface area contributed by atoms with Crippen molar-refractivity contribution in [1.82, 2.24) is 0 Å². The molecule has 0 saturated carbocycles. The highest BCUT2D eigenvalue weighted by molar-refractivity contribution is 5.48. The molecule has 0 aromatic heterocycles. The molecule has 2 rings (SSSR count). The molecule has 0 unspecified atom stereocenters. The molecule has 1 heteroatoms. The monoisotopic (exact) mass is 228 g/mol. The Hall–Kier alpha value is -1.26. The van der Waals surface area contributed by atoms with Crippen LogP contribution < -0.4 is 0 Å². The number of hydrogen-bond acceptors (Lipinski definition) is 1. The van der Waals surface area contributed by atoms with Crippen LogP contribution in [-0.2, 0) is 19.3 Å². The third-order valence-corrected chi connectivity index (χ3v) is 3.42. The fourth-order valence-electron chi connectivity index (χ4n) is 2.50. The summed E-state index contributed by atoms with van der Waals surface area (Å²) in [6.07, 6.45) is 7.23. The van der Waals surface area contributed by atoms with E-state index in [0.29, 0.717) is 0 Å². The molecule has 1 aliphatic rings. The van der Waals surface area contributed by atoms with E-state index in [4.69, 9.17) is 5.11 Å². The zero-order chi connectivity index (χ0) is 12.1. The maximum absolute atomic E-state index is 8.81. The Morgan fingerprint density at radius 3 is 2.71 bits per heavy atom. The molecule has 90 valence electrons. The van der Waals surface area contributed by atoms with E-state index < -0.39 is 0 Å². The van der Waals surface area contributed by atoms with Crippen molar-refractivity contribution in [1.29, 1.82) is 0 Å². The van der Waals surface area contributed by atoms with Gasteiger partial charge >= 0.3 is 0 Å². The van der Waals surface area contributed by atoms with Crippen LogP contribution >= 0.6 is 0 Å². The van der Waals surface area contributed by atoms with Gasteiger partial charge in [-0.3, -0.25) is 0 Å². The number of aryl methyl sites for hydroxylation is 3. The van der Waals surface area contributed by atoms with Gasteiger partial charge in [0.1, 0.15) is 6.61 Å². The van der Waals surface area contributed by atoms with Gasteiger partial charge < -0.3 is 5.11 Å². The summed E-state index contributed by atoms with van der Waals surface area (Å²) in [5.74, 6) is 5.88. The van der Waals surface area contributed by atoms with Crippen molar-refractivity contribution in [3.8, 4) is 11.8 Å². The van der Waals surface area contributed by atoms with Crippen LogP contribution in [0, 0.1) is 11.8 Å². The summed E-state index contributed by atoms with van der Waals surface area (Å²) < 4.78 is 0. The Labute approximate surface area is 104 Å². The molecule has 1 nitrogen and oxygen atoms in total. The van der Waals surface area contributed by atoms with Crippen molar-refractivity contribution >= 4 is 0 Å². The molecule has 1 N–H and O–H groups in total. The molecule has 17 heavy (non-hydrogen) atoms. The summed E-state index contributed by atoms with van der Waals surface area (Å²) >= 11 is 0. The van der Waals surface area contributed by atoms with E-state index >= 15 is 0 Å². The van der Waals surface area contributed by atoms with Gasteiger partial charge in [-0.05, 0) is 54.9 Å². The van der Waals surface area contributed by atoms with Crippen LogP contribution in [0.5, 0.6) is 0 Å². The van der Waals surface area contributed by atoms with E-state index in [9.17, 15) is 0 Å². The lowest BCUT2D eigenvalue weighted by molar-refractivity contribution is 0.350. The quantitative estimate of drug-likeness (QED) is 0.789. The van der Waals surface area contributed by atoms with Crippen LogP contribution in [0.4, 0.5) is 0 Å². The summed E-state index contributed by atoms with van der Waals surface area (Å²) in [7, 11) is 0. The second kappa shape index (κ2) is 5.89. The second-order valence-corrected chi connectivity index (χ2v) is 4.70. The average molecular weight is 228 g/mol. The van der Waals surface area contributed by atoms with Crippen molar-refractivity contribution in [3.63, 3.8) is 0 Å². The van der Waals surface area contributed by atoms with Crippen LogP contribution in [0.2, 0.25) is 0 Å². The van der Waals surface area contributed by atoms with Gasteiger partial charge in [-0.1, -0.05) is 31.3 Å². The summed E-state index contributed by atoms with van der Waals surface area (Å²) in [6, 6.07) is 4.59. The highest BCUT2D eigenvalue weighted by atomic mass is 16.2. The largest absolute Gasteiger partial charge is 0.384 e. The Morgan fingerprint density at radius 2 is 2.00 bits per heavy atom. The molecule has 0 bridgehead atoms. The minimum atomic E-state index is -0.0513. The number of unbranched alkanes of at least 4 members (excludes halogenated alkanes) is 1. The van der Waals surface area contributed by atoms with Gasteiger partial charge in [0.2, 0.25) is 0 Å². The predicted molar refractivity (Wildman–Crippen MR) is 71.0 cm³/mol. The number of rotatable bonds is 3. The lowest BCUT2D eigenvalue weighted by Gasteiger charge is -2.08. The number of aliphatic hydroxyl groups excluding tert-OH is 1. The minimum absolute atomic E-state index is 0.0513. The van der Waals surface area contributed by atoms with Gasteiger partial charge in [-0.15, -0.1) is 0 Å². The molecule has 0 saturated heterocycles. The zero-order valence-corrected chi connectivity index (χ0v) is 10.6. The highest BCUT2D eigenvalue weighted by Gasteiger charge is 2.13. The van der Waals surface area contributed by atoms with Crippen molar-refractivity contribution in [2.24, 2.45) is 0 Å². The molecule has 1 aromatic carbocycles. The van der Waals surface area contributed by atoms with Crippen molar-refractivity contribution in [2.45, 2.75) is 45.4 Å². The summed E-state index contributed by atoms with van der Waals surface area (Å²) in [5.41, 5.74) is 5.49. The molecule has 1 aromatic rings. The zero-order valence-electron chi connectivity index (χ0n) is 10.6. The Morgan fingerprint density at radius 1 is 1.24 bits per heavy atom. The third-order valence-electron chi connectivity index (χ3n) is 3.42. The fraction of sp³-hybridized carbons (Fsp3) is 0.500. The summed E-state index contributed by atoms with van der Waals surface area (Å²) in [4.78, 5) is 0. The molecule has 0 heterocycles. The number of benzene rings is 1. The van der Waals surface area contributed by atoms with Crippen molar-refractivity contribution in [3.05, 3.63) is 34.4 Å². The van der Waals surface area contributed by atoms with E-state index in [1.807, 2.05) is 0 Å². The molecule has 0 fully saturated rings. The maximum Gasteiger partial charge on any atom is 0.104 e. The van der Waals surface area contributed by atoms with E-state index in [-0.39, 0.29) is 6.61 Å². The fourth-order valence-corrected chi connectivity index (χ4v) is 2.50. The molecule has 0 radical (unpaired) electrons. The Balaban J connectivity index is 2.32. The molecule has 0 atom stereocenters. The molecule has 0 amide bonds. The highest BCUT2D eigenvalue weighted by Crippen LogP contribution is 2.26. The van der Waals surface area contributed by atoms with Gasteiger partial charge in [-0.25, -0.2) is 0 Å². The topological polar surface area (TPSA) is 20.2 Å². The smallest absolute Gasteiger partial charge is 0.104 e. The van der Waals surface area contributed by atoms with Gasteiger partial charge in [-0.2, -0.15) is 0 Å². The van der Waals surface area contributed by atoms with Crippen LogP contribution in [0.15, 0.2) is 12.1 Å². The lowest BCUT2D eigenvalue weighted by Crippen LogP contribution is -1.95. The average Bonchev–Trinajstić information content (AvgIpc) is 2.80. The number of aliphatic hydroxyl groups is 1. The van der Waals surface area contributed by atoms with Crippen molar-refractivity contribution in [2.75, 3.05) is 6.61 Å². The van der Waals surface area contributed by atoms with Gasteiger partial charge in [0, 0.05) is 5.56 Å².